The zero-order chi connectivity index (χ0) is 11.1. The molecular formula is C11H11N3O2. The number of nitrogens with one attached hydrogen (secondary N) is 3. The van der Waals surface area contributed by atoms with Crippen molar-refractivity contribution in [1.82, 2.24) is 15.3 Å². The Labute approximate surface area is 90.9 Å². The molecule has 3 rings (SSSR count). The van der Waals surface area contributed by atoms with E-state index in [1.807, 2.05) is 0 Å². The number of hydrogen-bond acceptors (Lipinski definition) is 2. The molecule has 1 saturated carbocycles. The van der Waals surface area contributed by atoms with Gasteiger partial charge in [0.2, 0.25) is 0 Å². The molecule has 5 nitrogen and oxygen atoms in total. The Kier molecular flexibility index (Phi) is 1.86. The van der Waals surface area contributed by atoms with Crippen LogP contribution < -0.4 is 11.0 Å². The summed E-state index contributed by atoms with van der Waals surface area (Å²) in [5.41, 5.74) is 1.70. The maximum Gasteiger partial charge on any atom is 0.323 e. The molecule has 1 aliphatic rings. The first kappa shape index (κ1) is 9.21. The van der Waals surface area contributed by atoms with Crippen LogP contribution in [0.5, 0.6) is 0 Å². The molecule has 2 aromatic rings. The summed E-state index contributed by atoms with van der Waals surface area (Å²) < 4.78 is 0. The van der Waals surface area contributed by atoms with Gasteiger partial charge in [-0.3, -0.25) is 4.79 Å². The van der Waals surface area contributed by atoms with Crippen LogP contribution in [-0.2, 0) is 0 Å². The van der Waals surface area contributed by atoms with Crippen LogP contribution in [0, 0.1) is 0 Å². The number of hydrogen-bond donors (Lipinski definition) is 3. The Morgan fingerprint density at radius 3 is 2.75 bits per heavy atom. The molecule has 1 heterocycles. The van der Waals surface area contributed by atoms with Gasteiger partial charge in [0.15, 0.2) is 0 Å². The van der Waals surface area contributed by atoms with E-state index in [2.05, 4.69) is 15.3 Å². The second kappa shape index (κ2) is 3.23. The summed E-state index contributed by atoms with van der Waals surface area (Å²) in [5.74, 6) is -0.0774. The number of carbonyl (C=O) groups is 1. The molecule has 0 saturated heterocycles. The normalized spacial score (nSPS) is 15.2. The third kappa shape index (κ3) is 1.60. The van der Waals surface area contributed by atoms with Crippen molar-refractivity contribution in [2.45, 2.75) is 18.9 Å². The quantitative estimate of drug-likeness (QED) is 0.694. The number of fused-ring (bicyclic) bond motifs is 1. The van der Waals surface area contributed by atoms with Gasteiger partial charge in [0.1, 0.15) is 0 Å². The van der Waals surface area contributed by atoms with Crippen LogP contribution in [0.25, 0.3) is 11.0 Å². The van der Waals surface area contributed by atoms with Gasteiger partial charge >= 0.3 is 5.69 Å². The second-order valence-electron chi connectivity index (χ2n) is 4.09. The Bertz CT molecular complexity index is 607. The van der Waals surface area contributed by atoms with Gasteiger partial charge < -0.3 is 15.3 Å². The summed E-state index contributed by atoms with van der Waals surface area (Å²) in [6, 6.07) is 5.47. The molecule has 0 aliphatic heterocycles. The molecule has 1 amide bonds. The highest BCUT2D eigenvalue weighted by Gasteiger charge is 2.23. The van der Waals surface area contributed by atoms with E-state index in [4.69, 9.17) is 0 Å². The van der Waals surface area contributed by atoms with Crippen molar-refractivity contribution in [1.29, 1.82) is 0 Å². The van der Waals surface area contributed by atoms with Gasteiger partial charge in [0, 0.05) is 11.6 Å². The molecule has 1 aromatic heterocycles. The van der Waals surface area contributed by atoms with Crippen molar-refractivity contribution in [2.24, 2.45) is 0 Å². The molecule has 5 heteroatoms. The fourth-order valence-corrected chi connectivity index (χ4v) is 1.67. The molecule has 1 aliphatic carbocycles. The van der Waals surface area contributed by atoms with Crippen molar-refractivity contribution in [3.63, 3.8) is 0 Å². The first-order valence-corrected chi connectivity index (χ1v) is 5.25. The number of imidazole rings is 1. The van der Waals surface area contributed by atoms with Crippen molar-refractivity contribution >= 4 is 16.9 Å². The molecule has 0 unspecified atom stereocenters. The highest BCUT2D eigenvalue weighted by atomic mass is 16.2. The number of aromatic amines is 2. The number of rotatable bonds is 2. The first-order valence-electron chi connectivity index (χ1n) is 5.25. The van der Waals surface area contributed by atoms with Gasteiger partial charge in [-0.25, -0.2) is 4.79 Å². The van der Waals surface area contributed by atoms with Crippen molar-refractivity contribution in [2.75, 3.05) is 0 Å². The van der Waals surface area contributed by atoms with E-state index in [0.717, 1.165) is 12.8 Å². The molecular weight excluding hydrogens is 206 g/mol. The summed E-state index contributed by atoms with van der Waals surface area (Å²) in [7, 11) is 0. The maximum atomic E-state index is 11.7. The van der Waals surface area contributed by atoms with Gasteiger partial charge in [-0.2, -0.15) is 0 Å². The SMILES string of the molecule is O=C(NC1CC1)c1ccc2[nH]c(=O)[nH]c2c1. The number of amides is 1. The van der Waals surface area contributed by atoms with Gasteiger partial charge in [-0.1, -0.05) is 0 Å². The first-order chi connectivity index (χ1) is 7.72. The lowest BCUT2D eigenvalue weighted by Crippen LogP contribution is -2.25. The molecule has 1 aromatic carbocycles. The van der Waals surface area contributed by atoms with E-state index in [1.54, 1.807) is 18.2 Å². The third-order valence-corrected chi connectivity index (χ3v) is 2.69. The minimum Gasteiger partial charge on any atom is -0.349 e. The number of carbonyl (C=O) groups excluding carboxylic acids is 1. The highest BCUT2D eigenvalue weighted by molar-refractivity contribution is 5.97. The van der Waals surface area contributed by atoms with E-state index in [9.17, 15) is 9.59 Å². The number of H-pyrrole nitrogens is 2. The lowest BCUT2D eigenvalue weighted by atomic mass is 10.2. The fourth-order valence-electron chi connectivity index (χ4n) is 1.67. The minimum atomic E-state index is -0.255. The third-order valence-electron chi connectivity index (χ3n) is 2.69. The molecule has 0 bridgehead atoms. The second-order valence-corrected chi connectivity index (χ2v) is 4.09. The van der Waals surface area contributed by atoms with Crippen LogP contribution in [0.2, 0.25) is 0 Å². The summed E-state index contributed by atoms with van der Waals surface area (Å²) >= 11 is 0. The Balaban J connectivity index is 1.96. The number of aromatic nitrogens is 2. The van der Waals surface area contributed by atoms with Crippen LogP contribution in [0.1, 0.15) is 23.2 Å². The molecule has 82 valence electrons. The van der Waals surface area contributed by atoms with E-state index < -0.39 is 0 Å². The predicted octanol–water partition coefficient (Wildman–Crippen LogP) is 0.748. The van der Waals surface area contributed by atoms with Crippen molar-refractivity contribution in [3.8, 4) is 0 Å². The monoisotopic (exact) mass is 217 g/mol. The molecule has 1 fully saturated rings. The fraction of sp³-hybridized carbons (Fsp3) is 0.273. The molecule has 16 heavy (non-hydrogen) atoms. The highest BCUT2D eigenvalue weighted by Crippen LogP contribution is 2.19. The van der Waals surface area contributed by atoms with Crippen molar-refractivity contribution in [3.05, 3.63) is 34.2 Å². The van der Waals surface area contributed by atoms with Gasteiger partial charge in [0.05, 0.1) is 11.0 Å². The molecule has 3 N–H and O–H groups in total. The zero-order valence-electron chi connectivity index (χ0n) is 8.54. The smallest absolute Gasteiger partial charge is 0.323 e. The van der Waals surface area contributed by atoms with E-state index in [0.29, 0.717) is 22.6 Å². The van der Waals surface area contributed by atoms with Crippen LogP contribution in [0.4, 0.5) is 0 Å². The van der Waals surface area contributed by atoms with Gasteiger partial charge in [-0.15, -0.1) is 0 Å². The van der Waals surface area contributed by atoms with E-state index >= 15 is 0 Å². The van der Waals surface area contributed by atoms with Gasteiger partial charge in [-0.05, 0) is 31.0 Å². The van der Waals surface area contributed by atoms with E-state index in [1.165, 1.54) is 0 Å². The lowest BCUT2D eigenvalue weighted by molar-refractivity contribution is 0.0951. The average Bonchev–Trinajstić information content (AvgIpc) is 2.96. The molecule has 0 spiro atoms. The minimum absolute atomic E-state index is 0.0774. The van der Waals surface area contributed by atoms with Crippen LogP contribution in [0.15, 0.2) is 23.0 Å². The van der Waals surface area contributed by atoms with E-state index in [-0.39, 0.29) is 11.6 Å². The summed E-state index contributed by atoms with van der Waals surface area (Å²) in [6.45, 7) is 0. The van der Waals surface area contributed by atoms with Crippen LogP contribution >= 0.6 is 0 Å². The van der Waals surface area contributed by atoms with Crippen molar-refractivity contribution < 1.29 is 4.79 Å². The Hall–Kier alpha value is -2.04. The topological polar surface area (TPSA) is 77.8 Å². The largest absolute Gasteiger partial charge is 0.349 e. The lowest BCUT2D eigenvalue weighted by Gasteiger charge is -2.02. The average molecular weight is 217 g/mol. The predicted molar refractivity (Wildman–Crippen MR) is 59.4 cm³/mol. The Morgan fingerprint density at radius 1 is 1.25 bits per heavy atom. The standard InChI is InChI=1S/C11H11N3O2/c15-10(12-7-2-3-7)6-1-4-8-9(5-6)14-11(16)13-8/h1,4-5,7H,2-3H2,(H,12,15)(H2,13,14,16). The summed E-state index contributed by atoms with van der Waals surface area (Å²) in [6.07, 6.45) is 2.13. The summed E-state index contributed by atoms with van der Waals surface area (Å²) in [5, 5.41) is 2.90. The number of benzene rings is 1. The summed E-state index contributed by atoms with van der Waals surface area (Å²) in [4.78, 5) is 28.0. The van der Waals surface area contributed by atoms with Crippen LogP contribution in [-0.4, -0.2) is 21.9 Å². The molecule has 0 radical (unpaired) electrons. The maximum absolute atomic E-state index is 11.7. The van der Waals surface area contributed by atoms with Gasteiger partial charge in [0.25, 0.3) is 5.91 Å². The zero-order valence-corrected chi connectivity index (χ0v) is 8.54. The molecule has 0 atom stereocenters. The Morgan fingerprint density at radius 2 is 2.00 bits per heavy atom. The van der Waals surface area contributed by atoms with Crippen LogP contribution in [0.3, 0.4) is 0 Å².